The number of rotatable bonds is 12. The standard InChI is InChI=1S/C12H13FN2O2.C12H14N2O2.C11H12N2O2.BBr3/c1-3-6-15-10-5-4-9(12(16)14-2)7-11(10)17-8-13;1-4-7-14-10-6-5-9(12(15)13-2)8-11(10)16-3;1-3-6-13-9-5-4-8(7-10(9)14)11(15)12-2;2-1(3)4/h1,4-5,7,15H,6,8H2,2H3,(H,14,16);1,5-6,8,14H,7H2,2-3H3,(H,13,15);1,4-5,7,13-14H,6H2,2H3,(H,12,15);. The second-order valence-electron chi connectivity index (χ2n) is 9.27. The maximum absolute atomic E-state index is 12.2. The van der Waals surface area contributed by atoms with E-state index in [1.54, 1.807) is 56.6 Å². The fourth-order valence-electron chi connectivity index (χ4n) is 3.66. The molecule has 0 aliphatic carbocycles. The lowest BCUT2D eigenvalue weighted by Crippen LogP contribution is -2.18. The van der Waals surface area contributed by atoms with Gasteiger partial charge in [-0.1, -0.05) is 17.8 Å². The summed E-state index contributed by atoms with van der Waals surface area (Å²) >= 11 is 9.31. The Labute approximate surface area is 329 Å². The Balaban J connectivity index is 0.000000713. The molecule has 276 valence electrons. The Morgan fingerprint density at radius 3 is 1.38 bits per heavy atom. The Kier molecular flexibility index (Phi) is 25.0. The van der Waals surface area contributed by atoms with Crippen molar-refractivity contribution < 1.29 is 33.4 Å². The van der Waals surface area contributed by atoms with E-state index in [-0.39, 0.29) is 32.4 Å². The van der Waals surface area contributed by atoms with Crippen LogP contribution in [0.4, 0.5) is 21.5 Å². The van der Waals surface area contributed by atoms with Gasteiger partial charge in [0.1, 0.15) is 17.2 Å². The van der Waals surface area contributed by atoms with Crippen molar-refractivity contribution in [1.82, 2.24) is 16.0 Å². The van der Waals surface area contributed by atoms with Crippen LogP contribution in [0.3, 0.4) is 0 Å². The van der Waals surface area contributed by atoms with Gasteiger partial charge in [0.25, 0.3) is 17.7 Å². The first kappa shape index (κ1) is 47.0. The first-order valence-electron chi connectivity index (χ1n) is 14.8. The zero-order valence-corrected chi connectivity index (χ0v) is 33.6. The number of carbonyl (C=O) groups is 3. The molecular weight excluding hydrogens is 870 g/mol. The monoisotopic (exact) mass is 906 g/mol. The van der Waals surface area contributed by atoms with Gasteiger partial charge in [0.15, 0.2) is 0 Å². The number of nitrogens with one attached hydrogen (secondary N) is 6. The number of aromatic hydroxyl groups is 1. The lowest BCUT2D eigenvalue weighted by molar-refractivity contribution is 0.0954. The van der Waals surface area contributed by atoms with Gasteiger partial charge in [0.05, 0.1) is 43.8 Å². The number of terminal acetylenes is 3. The van der Waals surface area contributed by atoms with Crippen molar-refractivity contribution >= 4 is 85.2 Å². The van der Waals surface area contributed by atoms with Crippen molar-refractivity contribution in [3.63, 3.8) is 0 Å². The molecule has 0 heterocycles. The predicted octanol–water partition coefficient (Wildman–Crippen LogP) is 5.45. The summed E-state index contributed by atoms with van der Waals surface area (Å²) in [5, 5.41) is 25.7. The third-order valence-corrected chi connectivity index (χ3v) is 6.00. The van der Waals surface area contributed by atoms with Crippen molar-refractivity contribution in [2.75, 3.05) is 70.7 Å². The van der Waals surface area contributed by atoms with Crippen molar-refractivity contribution in [3.05, 3.63) is 71.3 Å². The van der Waals surface area contributed by atoms with E-state index in [2.05, 4.69) is 96.9 Å². The SMILES string of the molecule is BrB(Br)Br.C#CCNc1ccc(C(=O)NC)cc1O.C#CCNc1ccc(C(=O)NC)cc1OC.C#CCNc1ccc(C(=O)NC)cc1OCF. The minimum atomic E-state index is -0.970. The predicted molar refractivity (Wildman–Crippen MR) is 219 cm³/mol. The summed E-state index contributed by atoms with van der Waals surface area (Å²) in [6.45, 7) is 0.0620. The molecule has 12 nitrogen and oxygen atoms in total. The van der Waals surface area contributed by atoms with Crippen molar-refractivity contribution in [3.8, 4) is 54.3 Å². The van der Waals surface area contributed by atoms with Crippen molar-refractivity contribution in [1.29, 1.82) is 0 Å². The maximum Gasteiger partial charge on any atom is 0.369 e. The third-order valence-electron chi connectivity index (χ3n) is 6.00. The summed E-state index contributed by atoms with van der Waals surface area (Å²) < 4.78 is 22.4. The van der Waals surface area contributed by atoms with E-state index in [1.165, 1.54) is 26.2 Å². The average Bonchev–Trinajstić information content (AvgIpc) is 3.15. The number of benzene rings is 3. The van der Waals surface area contributed by atoms with E-state index in [9.17, 15) is 23.9 Å². The van der Waals surface area contributed by atoms with E-state index < -0.39 is 6.86 Å². The third kappa shape index (κ3) is 18.3. The van der Waals surface area contributed by atoms with Gasteiger partial charge in [0.2, 0.25) is 6.86 Å². The van der Waals surface area contributed by atoms with Crippen LogP contribution in [0.1, 0.15) is 31.1 Å². The van der Waals surface area contributed by atoms with Crippen LogP contribution in [0.25, 0.3) is 0 Å². The number of methoxy groups -OCH3 is 1. The van der Waals surface area contributed by atoms with Gasteiger partial charge >= 0.3 is 3.18 Å². The number of carbonyl (C=O) groups excluding carboxylic acids is 3. The van der Waals surface area contributed by atoms with Crippen LogP contribution >= 0.6 is 47.3 Å². The topological polar surface area (TPSA) is 162 Å². The largest absolute Gasteiger partial charge is 0.506 e. The molecule has 3 aromatic rings. The van der Waals surface area contributed by atoms with Crippen LogP contribution in [0, 0.1) is 37.0 Å². The molecule has 0 fully saturated rings. The molecular formula is C35H39BBr3FN6O6. The summed E-state index contributed by atoms with van der Waals surface area (Å²) in [4.78, 5) is 34.0. The Morgan fingerprint density at radius 2 is 1.04 bits per heavy atom. The molecule has 17 heteroatoms. The van der Waals surface area contributed by atoms with Crippen LogP contribution in [-0.4, -0.2) is 80.8 Å². The fraction of sp³-hybridized carbons (Fsp3) is 0.229. The number of phenols is 1. The van der Waals surface area contributed by atoms with Crippen molar-refractivity contribution in [2.24, 2.45) is 0 Å². The number of alkyl halides is 1. The van der Waals surface area contributed by atoms with Gasteiger partial charge in [0, 0.05) is 37.8 Å². The number of amides is 3. The molecule has 0 atom stereocenters. The lowest BCUT2D eigenvalue weighted by atomic mass is 10.1. The highest BCUT2D eigenvalue weighted by Crippen LogP contribution is 2.27. The highest BCUT2D eigenvalue weighted by Gasteiger charge is 2.10. The summed E-state index contributed by atoms with van der Waals surface area (Å²) in [6.07, 6.45) is 15.3. The Hall–Kier alpha value is -5.02. The molecule has 3 amide bonds. The number of halogens is 4. The summed E-state index contributed by atoms with van der Waals surface area (Å²) in [5.41, 5.74) is 3.18. The van der Waals surface area contributed by atoms with Crippen LogP contribution in [0.15, 0.2) is 54.6 Å². The number of hydrogen-bond acceptors (Lipinski definition) is 9. The number of anilines is 3. The smallest absolute Gasteiger partial charge is 0.369 e. The summed E-state index contributed by atoms with van der Waals surface area (Å²) in [6, 6.07) is 14.4. The first-order chi connectivity index (χ1) is 24.9. The molecule has 3 rings (SSSR count). The average molecular weight is 909 g/mol. The first-order valence-corrected chi connectivity index (χ1v) is 17.6. The second kappa shape index (κ2) is 27.7. The molecule has 0 bridgehead atoms. The molecule has 0 spiro atoms. The van der Waals surface area contributed by atoms with Gasteiger partial charge in [-0.2, -0.15) is 0 Å². The minimum Gasteiger partial charge on any atom is -0.506 e. The maximum atomic E-state index is 12.2. The fourth-order valence-corrected chi connectivity index (χ4v) is 3.66. The van der Waals surface area contributed by atoms with Crippen LogP contribution in [-0.2, 0) is 0 Å². The quantitative estimate of drug-likeness (QED) is 0.0713. The van der Waals surface area contributed by atoms with Crippen LogP contribution in [0.5, 0.6) is 17.2 Å². The molecule has 0 saturated heterocycles. The number of hydrogen-bond donors (Lipinski definition) is 7. The zero-order valence-electron chi connectivity index (χ0n) is 28.8. The molecule has 7 N–H and O–H groups in total. The van der Waals surface area contributed by atoms with Gasteiger partial charge in [-0.3, -0.25) is 14.4 Å². The Bertz CT molecular complexity index is 1730. The van der Waals surface area contributed by atoms with Gasteiger partial charge in [-0.15, -0.1) is 66.5 Å². The highest BCUT2D eigenvalue weighted by atomic mass is 79.9. The molecule has 0 aliphatic heterocycles. The minimum absolute atomic E-state index is 0.00588. The Morgan fingerprint density at radius 1 is 0.692 bits per heavy atom. The normalized spacial score (nSPS) is 8.94. The van der Waals surface area contributed by atoms with E-state index in [0.29, 0.717) is 53.4 Å². The van der Waals surface area contributed by atoms with E-state index >= 15 is 0 Å². The molecule has 0 unspecified atom stereocenters. The van der Waals surface area contributed by atoms with Gasteiger partial charge in [-0.25, -0.2) is 4.39 Å². The molecule has 0 aromatic heterocycles. The molecule has 0 saturated carbocycles. The summed E-state index contributed by atoms with van der Waals surface area (Å²) in [7, 11) is 6.18. The van der Waals surface area contributed by atoms with Gasteiger partial charge in [-0.05, 0) is 54.6 Å². The highest BCUT2D eigenvalue weighted by molar-refractivity contribution is 9.69. The van der Waals surface area contributed by atoms with Crippen LogP contribution in [0.2, 0.25) is 0 Å². The van der Waals surface area contributed by atoms with Crippen LogP contribution < -0.4 is 41.4 Å². The summed E-state index contributed by atoms with van der Waals surface area (Å²) in [5.74, 6) is 7.45. The molecule has 3 aromatic carbocycles. The van der Waals surface area contributed by atoms with E-state index in [0.717, 1.165) is 5.69 Å². The number of ether oxygens (including phenoxy) is 2. The lowest BCUT2D eigenvalue weighted by Gasteiger charge is -2.11. The van der Waals surface area contributed by atoms with Gasteiger partial charge < -0.3 is 46.5 Å². The number of phenolic OH excluding ortho intramolecular Hbond substituents is 1. The molecule has 0 aliphatic rings. The molecule has 0 radical (unpaired) electrons. The second-order valence-corrected chi connectivity index (χ2v) is 15.7. The van der Waals surface area contributed by atoms with E-state index in [1.807, 2.05) is 0 Å². The van der Waals surface area contributed by atoms with E-state index in [4.69, 9.17) is 28.7 Å². The van der Waals surface area contributed by atoms with Crippen molar-refractivity contribution in [2.45, 2.75) is 0 Å². The molecule has 52 heavy (non-hydrogen) atoms. The zero-order chi connectivity index (χ0) is 39.5.